The first-order chi connectivity index (χ1) is 18.2. The molecular formula is C31H28N2O4. The lowest BCUT2D eigenvalue weighted by Crippen LogP contribution is -1.98. The SMILES string of the molecule is Oc1c2cccc1OCc1ccc(cc1)Cc1ccc(cc1)COc1cccc(c1O)C=NCCN=C2. The van der Waals surface area contributed by atoms with E-state index in [9.17, 15) is 10.2 Å². The average Bonchev–Trinajstić information content (AvgIpc) is 2.92. The van der Waals surface area contributed by atoms with Crippen molar-refractivity contribution in [3.05, 3.63) is 118 Å². The van der Waals surface area contributed by atoms with Crippen LogP contribution in [0.15, 0.2) is 94.9 Å². The van der Waals surface area contributed by atoms with Crippen molar-refractivity contribution >= 4 is 12.4 Å². The van der Waals surface area contributed by atoms with Crippen LogP contribution in [0.4, 0.5) is 0 Å². The summed E-state index contributed by atoms with van der Waals surface area (Å²) in [5, 5.41) is 21.3. The molecule has 0 fully saturated rings. The number of aromatic hydroxyl groups is 2. The number of phenolic OH excluding ortho intramolecular Hbond substituents is 2. The molecular weight excluding hydrogens is 464 g/mol. The molecule has 8 bridgehead atoms. The third-order valence-corrected chi connectivity index (χ3v) is 6.12. The third-order valence-electron chi connectivity index (χ3n) is 6.12. The van der Waals surface area contributed by atoms with E-state index in [0.717, 1.165) is 17.5 Å². The summed E-state index contributed by atoms with van der Waals surface area (Å²) in [6, 6.07) is 27.3. The van der Waals surface area contributed by atoms with Crippen LogP contribution >= 0.6 is 0 Å². The monoisotopic (exact) mass is 492 g/mol. The molecule has 0 unspecified atom stereocenters. The predicted octanol–water partition coefficient (Wildman–Crippen LogP) is 5.70. The van der Waals surface area contributed by atoms with Crippen molar-refractivity contribution in [2.75, 3.05) is 13.1 Å². The van der Waals surface area contributed by atoms with Gasteiger partial charge in [-0.3, -0.25) is 9.98 Å². The summed E-state index contributed by atoms with van der Waals surface area (Å²) in [4.78, 5) is 8.74. The molecule has 0 spiro atoms. The van der Waals surface area contributed by atoms with Gasteiger partial charge in [0.25, 0.3) is 0 Å². The lowest BCUT2D eigenvalue weighted by Gasteiger charge is -2.11. The van der Waals surface area contributed by atoms with E-state index in [2.05, 4.69) is 34.3 Å². The molecule has 0 amide bonds. The molecule has 186 valence electrons. The largest absolute Gasteiger partial charge is 0.504 e. The van der Waals surface area contributed by atoms with Gasteiger partial charge in [0.05, 0.1) is 13.1 Å². The molecule has 0 radical (unpaired) electrons. The normalized spacial score (nSPS) is 13.8. The van der Waals surface area contributed by atoms with Crippen molar-refractivity contribution in [2.24, 2.45) is 9.98 Å². The fourth-order valence-electron chi connectivity index (χ4n) is 4.03. The van der Waals surface area contributed by atoms with Gasteiger partial charge in [0.15, 0.2) is 23.0 Å². The van der Waals surface area contributed by atoms with Crippen molar-refractivity contribution in [3.8, 4) is 23.0 Å². The molecule has 0 aromatic heterocycles. The Kier molecular flexibility index (Phi) is 7.46. The second-order valence-electron chi connectivity index (χ2n) is 8.85. The van der Waals surface area contributed by atoms with E-state index in [1.54, 1.807) is 36.7 Å². The van der Waals surface area contributed by atoms with Crippen LogP contribution in [0.1, 0.15) is 33.4 Å². The zero-order chi connectivity index (χ0) is 25.5. The Morgan fingerprint density at radius 3 is 1.35 bits per heavy atom. The molecule has 6 heteroatoms. The lowest BCUT2D eigenvalue weighted by atomic mass is 10.0. The van der Waals surface area contributed by atoms with E-state index >= 15 is 0 Å². The van der Waals surface area contributed by atoms with E-state index in [1.807, 2.05) is 36.4 Å². The van der Waals surface area contributed by atoms with Gasteiger partial charge in [-0.25, -0.2) is 0 Å². The van der Waals surface area contributed by atoms with E-state index in [0.29, 0.717) is 48.9 Å². The maximum Gasteiger partial charge on any atom is 0.166 e. The van der Waals surface area contributed by atoms with Gasteiger partial charge in [0, 0.05) is 23.6 Å². The number of para-hydroxylation sites is 2. The average molecular weight is 493 g/mol. The standard InChI is InChI=1S/C31H28N2O4/c34-30-26-3-1-5-28(30)36-20-24-11-7-22(8-12-24)17-23-9-13-25(14-10-23)21-37-29-6-2-4-27(31(29)35)19-33-16-15-32-18-26/h1-14,18-19,34-35H,15-17,20-21H2. The first kappa shape index (κ1) is 24.1. The van der Waals surface area contributed by atoms with Crippen LogP contribution in [0.5, 0.6) is 23.0 Å². The minimum atomic E-state index is 0.0575. The Balaban J connectivity index is 1.40. The van der Waals surface area contributed by atoms with Crippen LogP contribution in [0.2, 0.25) is 0 Å². The molecule has 3 heterocycles. The number of nitrogens with zero attached hydrogens (tertiary/aromatic N) is 2. The first-order valence-electron chi connectivity index (χ1n) is 12.2. The molecule has 7 rings (SSSR count). The zero-order valence-electron chi connectivity index (χ0n) is 20.4. The van der Waals surface area contributed by atoms with Gasteiger partial charge in [-0.2, -0.15) is 0 Å². The zero-order valence-corrected chi connectivity index (χ0v) is 20.4. The van der Waals surface area contributed by atoms with E-state index in [4.69, 9.17) is 9.47 Å². The van der Waals surface area contributed by atoms with E-state index < -0.39 is 0 Å². The second kappa shape index (κ2) is 11.4. The summed E-state index contributed by atoms with van der Waals surface area (Å²) in [6.07, 6.45) is 4.05. The van der Waals surface area contributed by atoms with E-state index in [-0.39, 0.29) is 11.5 Å². The molecule has 0 saturated heterocycles. The van der Waals surface area contributed by atoms with Crippen molar-refractivity contribution in [3.63, 3.8) is 0 Å². The summed E-state index contributed by atoms with van der Waals surface area (Å²) in [6.45, 7) is 1.57. The number of phenols is 2. The van der Waals surface area contributed by atoms with Crippen LogP contribution in [-0.2, 0) is 19.6 Å². The number of hydrogen-bond donors (Lipinski definition) is 2. The quantitative estimate of drug-likeness (QED) is 0.330. The lowest BCUT2D eigenvalue weighted by molar-refractivity contribution is 0.289. The van der Waals surface area contributed by atoms with E-state index in [1.165, 1.54) is 11.1 Å². The summed E-state index contributed by atoms with van der Waals surface area (Å²) >= 11 is 0. The molecule has 4 aromatic rings. The van der Waals surface area contributed by atoms with Crippen molar-refractivity contribution in [1.29, 1.82) is 0 Å². The Bertz CT molecular complexity index is 1300. The van der Waals surface area contributed by atoms with Gasteiger partial charge < -0.3 is 19.7 Å². The minimum Gasteiger partial charge on any atom is -0.504 e. The molecule has 3 aliphatic heterocycles. The van der Waals surface area contributed by atoms with Crippen LogP contribution in [-0.4, -0.2) is 35.7 Å². The second-order valence-corrected chi connectivity index (χ2v) is 8.85. The van der Waals surface area contributed by atoms with Crippen LogP contribution in [0, 0.1) is 0 Å². The number of ether oxygens (including phenoxy) is 2. The van der Waals surface area contributed by atoms with Crippen LogP contribution < -0.4 is 9.47 Å². The molecule has 37 heavy (non-hydrogen) atoms. The minimum absolute atomic E-state index is 0.0575. The summed E-state index contributed by atoms with van der Waals surface area (Å²) in [5.74, 6) is 0.938. The highest BCUT2D eigenvalue weighted by atomic mass is 16.5. The summed E-state index contributed by atoms with van der Waals surface area (Å²) in [5.41, 5.74) is 5.59. The Hall–Kier alpha value is -4.58. The molecule has 0 atom stereocenters. The Labute approximate surface area is 216 Å². The highest BCUT2D eigenvalue weighted by molar-refractivity contribution is 5.85. The molecule has 0 aliphatic carbocycles. The fraction of sp³-hybridized carbons (Fsp3) is 0.161. The highest BCUT2D eigenvalue weighted by Gasteiger charge is 2.09. The molecule has 3 aliphatic rings. The van der Waals surface area contributed by atoms with Gasteiger partial charge in [-0.15, -0.1) is 0 Å². The number of hydrogen-bond acceptors (Lipinski definition) is 6. The van der Waals surface area contributed by atoms with Crippen LogP contribution in [0.3, 0.4) is 0 Å². The maximum absolute atomic E-state index is 10.6. The smallest absolute Gasteiger partial charge is 0.166 e. The number of benzene rings is 4. The number of rotatable bonds is 0. The van der Waals surface area contributed by atoms with Gasteiger partial charge in [-0.05, 0) is 52.9 Å². The highest BCUT2D eigenvalue weighted by Crippen LogP contribution is 2.30. The predicted molar refractivity (Wildman–Crippen MR) is 145 cm³/mol. The number of fused-ring (bicyclic) bond motifs is 2. The molecule has 0 saturated carbocycles. The topological polar surface area (TPSA) is 83.6 Å². The summed E-state index contributed by atoms with van der Waals surface area (Å²) < 4.78 is 11.8. The van der Waals surface area contributed by atoms with Gasteiger partial charge >= 0.3 is 0 Å². The summed E-state index contributed by atoms with van der Waals surface area (Å²) in [7, 11) is 0. The number of aliphatic imine (C=N–C) groups is 2. The van der Waals surface area contributed by atoms with Gasteiger partial charge in [-0.1, -0.05) is 60.7 Å². The fourth-order valence-corrected chi connectivity index (χ4v) is 4.03. The first-order valence-corrected chi connectivity index (χ1v) is 12.2. The molecule has 2 N–H and O–H groups in total. The van der Waals surface area contributed by atoms with Crippen molar-refractivity contribution in [2.45, 2.75) is 19.6 Å². The van der Waals surface area contributed by atoms with Crippen molar-refractivity contribution in [1.82, 2.24) is 0 Å². The Morgan fingerprint density at radius 2 is 0.919 bits per heavy atom. The molecule has 6 nitrogen and oxygen atoms in total. The maximum atomic E-state index is 10.6. The van der Waals surface area contributed by atoms with Crippen molar-refractivity contribution < 1.29 is 19.7 Å². The third kappa shape index (κ3) is 6.16. The van der Waals surface area contributed by atoms with Crippen LogP contribution in [0.25, 0.3) is 0 Å². The molecule has 4 aromatic carbocycles. The van der Waals surface area contributed by atoms with Gasteiger partial charge in [0.1, 0.15) is 13.2 Å². The Morgan fingerprint density at radius 1 is 0.514 bits per heavy atom. The van der Waals surface area contributed by atoms with Gasteiger partial charge in [0.2, 0.25) is 0 Å².